The van der Waals surface area contributed by atoms with Crippen molar-refractivity contribution in [2.45, 2.75) is 92.4 Å². The largest absolute Gasteiger partial charge is 0.508 e. The summed E-state index contributed by atoms with van der Waals surface area (Å²) >= 11 is 0. The van der Waals surface area contributed by atoms with Crippen LogP contribution < -0.4 is 0 Å². The Labute approximate surface area is 172 Å². The van der Waals surface area contributed by atoms with Gasteiger partial charge in [0, 0.05) is 5.56 Å². The van der Waals surface area contributed by atoms with Crippen molar-refractivity contribution in [1.29, 1.82) is 0 Å². The van der Waals surface area contributed by atoms with E-state index in [1.54, 1.807) is 6.07 Å². The van der Waals surface area contributed by atoms with E-state index in [0.29, 0.717) is 11.5 Å². The van der Waals surface area contributed by atoms with E-state index >= 15 is 0 Å². The topological polar surface area (TPSA) is 40.5 Å². The molecule has 0 fully saturated rings. The van der Waals surface area contributed by atoms with Gasteiger partial charge < -0.3 is 10.2 Å². The molecule has 0 spiro atoms. The van der Waals surface area contributed by atoms with Crippen LogP contribution in [0.4, 0.5) is 0 Å². The zero-order chi connectivity index (χ0) is 22.1. The molecule has 2 nitrogen and oxygen atoms in total. The Morgan fingerprint density at radius 2 is 1.07 bits per heavy atom. The zero-order valence-corrected chi connectivity index (χ0v) is 19.8. The first kappa shape index (κ1) is 24.1. The van der Waals surface area contributed by atoms with Crippen LogP contribution in [-0.2, 0) is 16.2 Å². The molecule has 0 bridgehead atoms. The number of benzene rings is 2. The Kier molecular flexibility index (Phi) is 7.04. The molecule has 0 atom stereocenters. The van der Waals surface area contributed by atoms with Crippen molar-refractivity contribution < 1.29 is 10.2 Å². The molecule has 0 aliphatic carbocycles. The van der Waals surface area contributed by atoms with Crippen molar-refractivity contribution in [2.75, 3.05) is 0 Å². The summed E-state index contributed by atoms with van der Waals surface area (Å²) in [6.07, 6.45) is 0. The third-order valence-electron chi connectivity index (χ3n) is 4.87. The molecule has 2 N–H and O–H groups in total. The first-order valence-electron chi connectivity index (χ1n) is 10.1. The third kappa shape index (κ3) is 6.02. The molecular weight excluding hydrogens is 344 g/mol. The predicted octanol–water partition coefficient (Wildman–Crippen LogP) is 7.29. The van der Waals surface area contributed by atoms with E-state index in [4.69, 9.17) is 0 Å². The van der Waals surface area contributed by atoms with Gasteiger partial charge in [0.05, 0.1) is 0 Å². The lowest BCUT2D eigenvalue weighted by Gasteiger charge is -2.27. The highest BCUT2D eigenvalue weighted by molar-refractivity contribution is 5.49. The van der Waals surface area contributed by atoms with Gasteiger partial charge in [0.2, 0.25) is 0 Å². The van der Waals surface area contributed by atoms with Gasteiger partial charge in [0.15, 0.2) is 0 Å². The molecule has 0 unspecified atom stereocenters. The van der Waals surface area contributed by atoms with Gasteiger partial charge in [-0.2, -0.15) is 0 Å². The number of hydrogen-bond donors (Lipinski definition) is 2. The van der Waals surface area contributed by atoms with Crippen molar-refractivity contribution in [1.82, 2.24) is 0 Å². The first-order chi connectivity index (χ1) is 12.5. The SMILES string of the molecule is Cc1cc(C(C)(C)C)c(O)c(C(C)(C)C)c1.Cc1cccc(O)c1C(C)(C)C. The number of phenolic OH excluding ortho intramolecular Hbond substituents is 2. The minimum atomic E-state index is -0.0178. The number of hydrogen-bond acceptors (Lipinski definition) is 2. The second-order valence-corrected chi connectivity index (χ2v) is 10.9. The Morgan fingerprint density at radius 3 is 1.36 bits per heavy atom. The molecule has 0 aliphatic rings. The molecule has 2 aromatic rings. The summed E-state index contributed by atoms with van der Waals surface area (Å²) in [6.45, 7) is 23.2. The lowest BCUT2D eigenvalue weighted by molar-refractivity contribution is 0.423. The maximum Gasteiger partial charge on any atom is 0.123 e. The average Bonchev–Trinajstić information content (AvgIpc) is 2.46. The van der Waals surface area contributed by atoms with E-state index in [2.05, 4.69) is 81.4 Å². The first-order valence-corrected chi connectivity index (χ1v) is 10.1. The normalized spacial score (nSPS) is 12.4. The summed E-state index contributed by atoms with van der Waals surface area (Å²) < 4.78 is 0. The molecule has 156 valence electrons. The molecule has 0 heterocycles. The fraction of sp³-hybridized carbons (Fsp3) is 0.538. The molecule has 2 aromatic carbocycles. The Bertz CT molecular complexity index is 755. The Morgan fingerprint density at radius 1 is 0.643 bits per heavy atom. The molecule has 0 radical (unpaired) electrons. The van der Waals surface area contributed by atoms with Crippen molar-refractivity contribution >= 4 is 0 Å². The van der Waals surface area contributed by atoms with Gasteiger partial charge in [0.25, 0.3) is 0 Å². The van der Waals surface area contributed by atoms with Crippen LogP contribution in [-0.4, -0.2) is 10.2 Å². The zero-order valence-electron chi connectivity index (χ0n) is 19.8. The van der Waals surface area contributed by atoms with E-state index in [0.717, 1.165) is 22.3 Å². The standard InChI is InChI=1S/C15H24O.C11H16O/c1-10-8-11(14(2,3)4)13(16)12(9-10)15(5,6)7;1-8-6-5-7-9(12)10(8)11(2,3)4/h8-9,16H,1-7H3;5-7,12H,1-4H3. The van der Waals surface area contributed by atoms with E-state index in [9.17, 15) is 10.2 Å². The van der Waals surface area contributed by atoms with Crippen LogP contribution in [0.1, 0.15) is 90.1 Å². The molecule has 2 rings (SSSR count). The quantitative estimate of drug-likeness (QED) is 0.500. The van der Waals surface area contributed by atoms with Crippen LogP contribution in [0.25, 0.3) is 0 Å². The van der Waals surface area contributed by atoms with Crippen LogP contribution in [0.15, 0.2) is 30.3 Å². The van der Waals surface area contributed by atoms with Crippen molar-refractivity contribution in [2.24, 2.45) is 0 Å². The van der Waals surface area contributed by atoms with E-state index in [1.807, 2.05) is 19.1 Å². The fourth-order valence-corrected chi connectivity index (χ4v) is 3.55. The van der Waals surface area contributed by atoms with Crippen molar-refractivity contribution in [3.8, 4) is 11.5 Å². The van der Waals surface area contributed by atoms with E-state index in [-0.39, 0.29) is 16.2 Å². The highest BCUT2D eigenvalue weighted by atomic mass is 16.3. The third-order valence-corrected chi connectivity index (χ3v) is 4.87. The van der Waals surface area contributed by atoms with Gasteiger partial charge in [0.1, 0.15) is 11.5 Å². The number of aryl methyl sites for hydroxylation is 2. The van der Waals surface area contributed by atoms with Gasteiger partial charge in [-0.1, -0.05) is 92.1 Å². The summed E-state index contributed by atoms with van der Waals surface area (Å²) in [5, 5.41) is 20.0. The summed E-state index contributed by atoms with van der Waals surface area (Å²) in [5.41, 5.74) is 5.48. The lowest BCUT2D eigenvalue weighted by atomic mass is 9.78. The van der Waals surface area contributed by atoms with Crippen LogP contribution >= 0.6 is 0 Å². The monoisotopic (exact) mass is 384 g/mol. The second-order valence-electron chi connectivity index (χ2n) is 10.9. The summed E-state index contributed by atoms with van der Waals surface area (Å²) in [5.74, 6) is 0.869. The van der Waals surface area contributed by atoms with Gasteiger partial charge in [-0.25, -0.2) is 0 Å². The molecule has 0 aliphatic heterocycles. The van der Waals surface area contributed by atoms with E-state index < -0.39 is 0 Å². The molecule has 0 amide bonds. The number of aromatic hydroxyl groups is 2. The van der Waals surface area contributed by atoms with Crippen LogP contribution in [0, 0.1) is 13.8 Å². The molecule has 2 heteroatoms. The number of rotatable bonds is 0. The van der Waals surface area contributed by atoms with Gasteiger partial charge >= 0.3 is 0 Å². The Balaban J connectivity index is 0.000000292. The van der Waals surface area contributed by atoms with Gasteiger partial charge in [-0.3, -0.25) is 0 Å². The van der Waals surface area contributed by atoms with Gasteiger partial charge in [-0.05, 0) is 52.8 Å². The molecule has 0 aromatic heterocycles. The molecule has 0 saturated carbocycles. The maximum atomic E-state index is 10.4. The average molecular weight is 385 g/mol. The molecule has 0 saturated heterocycles. The highest BCUT2D eigenvalue weighted by Crippen LogP contribution is 2.39. The van der Waals surface area contributed by atoms with Crippen LogP contribution in [0.5, 0.6) is 11.5 Å². The maximum absolute atomic E-state index is 10.4. The molecule has 28 heavy (non-hydrogen) atoms. The van der Waals surface area contributed by atoms with Crippen LogP contribution in [0.2, 0.25) is 0 Å². The summed E-state index contributed by atoms with van der Waals surface area (Å²) in [7, 11) is 0. The Hall–Kier alpha value is -1.96. The molecular formula is C26H40O2. The van der Waals surface area contributed by atoms with Crippen molar-refractivity contribution in [3.05, 3.63) is 58.1 Å². The second kappa shape index (κ2) is 8.19. The minimum Gasteiger partial charge on any atom is -0.508 e. The smallest absolute Gasteiger partial charge is 0.123 e. The van der Waals surface area contributed by atoms with Crippen molar-refractivity contribution in [3.63, 3.8) is 0 Å². The van der Waals surface area contributed by atoms with E-state index in [1.165, 1.54) is 5.56 Å². The van der Waals surface area contributed by atoms with Gasteiger partial charge in [-0.15, -0.1) is 0 Å². The lowest BCUT2D eigenvalue weighted by Crippen LogP contribution is -2.17. The number of phenols is 2. The minimum absolute atomic E-state index is 0.0178. The van der Waals surface area contributed by atoms with Crippen LogP contribution in [0.3, 0.4) is 0 Å². The predicted molar refractivity (Wildman–Crippen MR) is 122 cm³/mol. The highest BCUT2D eigenvalue weighted by Gasteiger charge is 2.25. The fourth-order valence-electron chi connectivity index (χ4n) is 3.55. The summed E-state index contributed by atoms with van der Waals surface area (Å²) in [4.78, 5) is 0. The summed E-state index contributed by atoms with van der Waals surface area (Å²) in [6, 6.07) is 9.82.